The van der Waals surface area contributed by atoms with E-state index in [0.717, 1.165) is 0 Å². The molecule has 0 unspecified atom stereocenters. The largest absolute Gasteiger partial charge is 0.505 e. The maximum atomic E-state index is 12.4. The minimum absolute atomic E-state index is 0.00231. The van der Waals surface area contributed by atoms with Gasteiger partial charge in [-0.05, 0) is 24.6 Å². The molecular weight excluding hydrogens is 298 g/mol. The second kappa shape index (κ2) is 6.57. The van der Waals surface area contributed by atoms with Gasteiger partial charge in [0.15, 0.2) is 5.69 Å². The van der Waals surface area contributed by atoms with Crippen molar-refractivity contribution in [3.63, 3.8) is 0 Å². The Labute approximate surface area is 132 Å². The summed E-state index contributed by atoms with van der Waals surface area (Å²) in [6.07, 6.45) is 4.46. The first-order valence-corrected chi connectivity index (χ1v) is 7.30. The van der Waals surface area contributed by atoms with Crippen LogP contribution in [0.4, 0.5) is 5.95 Å². The van der Waals surface area contributed by atoms with Crippen molar-refractivity contribution in [2.75, 3.05) is 18.4 Å². The molecule has 8 heteroatoms. The molecule has 23 heavy (non-hydrogen) atoms. The van der Waals surface area contributed by atoms with E-state index in [0.29, 0.717) is 18.9 Å². The van der Waals surface area contributed by atoms with Crippen molar-refractivity contribution < 1.29 is 15.0 Å². The van der Waals surface area contributed by atoms with Gasteiger partial charge in [0.25, 0.3) is 5.91 Å². The lowest BCUT2D eigenvalue weighted by Gasteiger charge is -2.36. The molecule has 2 atom stereocenters. The molecule has 1 fully saturated rings. The number of likely N-dealkylation sites (tertiary alicyclic amines) is 1. The molecule has 8 nitrogen and oxygen atoms in total. The Hall–Kier alpha value is -2.74. The molecule has 3 N–H and O–H groups in total. The number of hydrogen-bond acceptors (Lipinski definition) is 7. The number of nitrogens with one attached hydrogen (secondary N) is 1. The van der Waals surface area contributed by atoms with E-state index in [1.807, 2.05) is 0 Å². The van der Waals surface area contributed by atoms with Crippen LogP contribution in [0.3, 0.4) is 0 Å². The number of carbonyl (C=O) groups excluding carboxylic acids is 1. The van der Waals surface area contributed by atoms with E-state index in [1.165, 1.54) is 17.2 Å². The van der Waals surface area contributed by atoms with E-state index in [-0.39, 0.29) is 24.0 Å². The van der Waals surface area contributed by atoms with Crippen LogP contribution in [0.2, 0.25) is 0 Å². The second-order valence-corrected chi connectivity index (χ2v) is 5.30. The molecular formula is C15H17N5O3. The summed E-state index contributed by atoms with van der Waals surface area (Å²) in [5, 5.41) is 23.1. The fourth-order valence-electron chi connectivity index (χ4n) is 2.54. The standard InChI is InChI=1S/C15H17N5O3/c21-11-3-1-5-16-13(11)14(23)20-8-4-10(12(22)9-20)19-15-17-6-2-7-18-15/h1-3,5-7,10,12,21-22H,4,8-9H2,(H,17,18,19)/t10-,12-/m1/s1. The highest BCUT2D eigenvalue weighted by atomic mass is 16.3. The van der Waals surface area contributed by atoms with Crippen LogP contribution in [0, 0.1) is 0 Å². The number of piperidine rings is 1. The fraction of sp³-hybridized carbons (Fsp3) is 0.333. The van der Waals surface area contributed by atoms with Gasteiger partial charge < -0.3 is 20.4 Å². The molecule has 0 aliphatic carbocycles. The topological polar surface area (TPSA) is 111 Å². The molecule has 0 aromatic carbocycles. The summed E-state index contributed by atoms with van der Waals surface area (Å²) < 4.78 is 0. The van der Waals surface area contributed by atoms with Gasteiger partial charge in [-0.15, -0.1) is 0 Å². The van der Waals surface area contributed by atoms with E-state index in [4.69, 9.17) is 0 Å². The van der Waals surface area contributed by atoms with Crippen molar-refractivity contribution in [1.29, 1.82) is 0 Å². The van der Waals surface area contributed by atoms with Gasteiger partial charge >= 0.3 is 0 Å². The van der Waals surface area contributed by atoms with Gasteiger partial charge in [-0.25, -0.2) is 15.0 Å². The molecule has 3 heterocycles. The number of β-amino-alcohol motifs (C(OH)–C–C–N with tert-alkyl or cyclic N) is 1. The summed E-state index contributed by atoms with van der Waals surface area (Å²) >= 11 is 0. The molecule has 0 spiro atoms. The van der Waals surface area contributed by atoms with Crippen LogP contribution in [0.25, 0.3) is 0 Å². The molecule has 0 radical (unpaired) electrons. The number of aromatic hydroxyl groups is 1. The zero-order chi connectivity index (χ0) is 16.2. The van der Waals surface area contributed by atoms with E-state index in [1.54, 1.807) is 24.5 Å². The van der Waals surface area contributed by atoms with Gasteiger partial charge in [-0.2, -0.15) is 0 Å². The summed E-state index contributed by atoms with van der Waals surface area (Å²) in [5.41, 5.74) is -0.00231. The van der Waals surface area contributed by atoms with Crippen molar-refractivity contribution in [3.05, 3.63) is 42.5 Å². The van der Waals surface area contributed by atoms with Crippen molar-refractivity contribution in [1.82, 2.24) is 19.9 Å². The molecule has 1 aliphatic heterocycles. The van der Waals surface area contributed by atoms with Crippen LogP contribution in [0.5, 0.6) is 5.75 Å². The van der Waals surface area contributed by atoms with E-state index in [9.17, 15) is 15.0 Å². The third kappa shape index (κ3) is 3.37. The molecule has 0 bridgehead atoms. The minimum atomic E-state index is -0.762. The summed E-state index contributed by atoms with van der Waals surface area (Å²) in [4.78, 5) is 25.9. The number of nitrogens with zero attached hydrogens (tertiary/aromatic N) is 4. The third-order valence-corrected chi connectivity index (χ3v) is 3.74. The summed E-state index contributed by atoms with van der Waals surface area (Å²) in [7, 11) is 0. The summed E-state index contributed by atoms with van der Waals surface area (Å²) in [5.74, 6) is -0.111. The number of pyridine rings is 1. The Balaban J connectivity index is 1.64. The highest BCUT2D eigenvalue weighted by Crippen LogP contribution is 2.20. The van der Waals surface area contributed by atoms with Gasteiger partial charge in [-0.1, -0.05) is 0 Å². The number of aliphatic hydroxyl groups excluding tert-OH is 1. The number of aromatic nitrogens is 3. The molecule has 1 amide bonds. The van der Waals surface area contributed by atoms with Crippen molar-refractivity contribution in [2.45, 2.75) is 18.6 Å². The SMILES string of the molecule is O=C(c1ncccc1O)N1CC[C@@H](Nc2ncccn2)[C@H](O)C1. The number of anilines is 1. The Morgan fingerprint density at radius 1 is 1.22 bits per heavy atom. The fourth-order valence-corrected chi connectivity index (χ4v) is 2.54. The third-order valence-electron chi connectivity index (χ3n) is 3.74. The number of carbonyl (C=O) groups is 1. The van der Waals surface area contributed by atoms with E-state index < -0.39 is 12.0 Å². The highest BCUT2D eigenvalue weighted by Gasteiger charge is 2.32. The lowest BCUT2D eigenvalue weighted by Crippen LogP contribution is -2.51. The van der Waals surface area contributed by atoms with Gasteiger partial charge in [0.2, 0.25) is 5.95 Å². The number of amides is 1. The molecule has 1 aliphatic rings. The number of hydrogen-bond donors (Lipinski definition) is 3. The molecule has 3 rings (SSSR count). The smallest absolute Gasteiger partial charge is 0.276 e. The predicted molar refractivity (Wildman–Crippen MR) is 81.9 cm³/mol. The Morgan fingerprint density at radius 2 is 1.96 bits per heavy atom. The molecule has 2 aromatic rings. The maximum absolute atomic E-state index is 12.4. The van der Waals surface area contributed by atoms with Crippen molar-refractivity contribution in [2.24, 2.45) is 0 Å². The van der Waals surface area contributed by atoms with Crippen LogP contribution in [0.15, 0.2) is 36.8 Å². The number of aliphatic hydroxyl groups is 1. The monoisotopic (exact) mass is 315 g/mol. The second-order valence-electron chi connectivity index (χ2n) is 5.30. The summed E-state index contributed by atoms with van der Waals surface area (Å²) in [6, 6.07) is 4.44. The van der Waals surface area contributed by atoms with Gasteiger partial charge in [0, 0.05) is 31.7 Å². The maximum Gasteiger partial charge on any atom is 0.276 e. The zero-order valence-electron chi connectivity index (χ0n) is 12.3. The van der Waals surface area contributed by atoms with Crippen LogP contribution >= 0.6 is 0 Å². The average molecular weight is 315 g/mol. The lowest BCUT2D eigenvalue weighted by atomic mass is 10.0. The predicted octanol–water partition coefficient (Wildman–Crippen LogP) is 0.265. The first-order chi connectivity index (χ1) is 11.1. The van der Waals surface area contributed by atoms with Crippen LogP contribution in [-0.2, 0) is 0 Å². The highest BCUT2D eigenvalue weighted by molar-refractivity contribution is 5.94. The van der Waals surface area contributed by atoms with E-state index in [2.05, 4.69) is 20.3 Å². The lowest BCUT2D eigenvalue weighted by molar-refractivity contribution is 0.0418. The Bertz CT molecular complexity index is 682. The van der Waals surface area contributed by atoms with Gasteiger partial charge in [-0.3, -0.25) is 4.79 Å². The molecule has 120 valence electrons. The first kappa shape index (κ1) is 15.2. The molecule has 2 aromatic heterocycles. The van der Waals surface area contributed by atoms with Crippen molar-refractivity contribution >= 4 is 11.9 Å². The average Bonchev–Trinajstić information content (AvgIpc) is 2.57. The van der Waals surface area contributed by atoms with Crippen LogP contribution < -0.4 is 5.32 Å². The van der Waals surface area contributed by atoms with E-state index >= 15 is 0 Å². The quantitative estimate of drug-likeness (QED) is 0.745. The van der Waals surface area contributed by atoms with Gasteiger partial charge in [0.05, 0.1) is 12.1 Å². The van der Waals surface area contributed by atoms with Gasteiger partial charge in [0.1, 0.15) is 5.75 Å². The van der Waals surface area contributed by atoms with Crippen molar-refractivity contribution in [3.8, 4) is 5.75 Å². The normalized spacial score (nSPS) is 21.0. The zero-order valence-corrected chi connectivity index (χ0v) is 12.3. The Kier molecular flexibility index (Phi) is 4.33. The number of rotatable bonds is 3. The minimum Gasteiger partial charge on any atom is -0.505 e. The molecule has 0 saturated carbocycles. The summed E-state index contributed by atoms with van der Waals surface area (Å²) in [6.45, 7) is 0.593. The van der Waals surface area contributed by atoms with Crippen LogP contribution in [-0.4, -0.2) is 61.2 Å². The Morgan fingerprint density at radius 3 is 2.65 bits per heavy atom. The van der Waals surface area contributed by atoms with Crippen LogP contribution in [0.1, 0.15) is 16.9 Å². The first-order valence-electron chi connectivity index (χ1n) is 7.30. The molecule has 1 saturated heterocycles.